The Hall–Kier alpha value is -3.81. The first-order valence-corrected chi connectivity index (χ1v) is 11.4. The number of rotatable bonds is 5. The van der Waals surface area contributed by atoms with Crippen molar-refractivity contribution in [2.24, 2.45) is 0 Å². The molecule has 2 aromatic rings. The molecule has 2 aliphatic rings. The molecule has 0 spiro atoms. The fourth-order valence-corrected chi connectivity index (χ4v) is 4.68. The Morgan fingerprint density at radius 3 is 2.43 bits per heavy atom. The number of halogens is 2. The number of hydrogen-bond donors (Lipinski definition) is 2. The Balaban J connectivity index is 1.51. The minimum atomic E-state index is -0.973. The van der Waals surface area contributed by atoms with Gasteiger partial charge in [0.1, 0.15) is 23.7 Å². The fourth-order valence-electron chi connectivity index (χ4n) is 4.68. The summed E-state index contributed by atoms with van der Waals surface area (Å²) in [6.07, 6.45) is 5.81. The molecule has 2 aromatic carbocycles. The first kappa shape index (κ1) is 24.3. The van der Waals surface area contributed by atoms with Crippen LogP contribution in [0.2, 0.25) is 0 Å². The number of nitrogens with zero attached hydrogens (tertiary/aromatic N) is 1. The number of carbonyl (C=O) groups is 3. The first-order valence-electron chi connectivity index (χ1n) is 11.4. The summed E-state index contributed by atoms with van der Waals surface area (Å²) in [6, 6.07) is 8.29. The molecule has 0 saturated carbocycles. The van der Waals surface area contributed by atoms with E-state index >= 15 is 0 Å². The third-order valence-corrected chi connectivity index (χ3v) is 6.42. The quantitative estimate of drug-likeness (QED) is 0.691. The van der Waals surface area contributed by atoms with E-state index in [1.165, 1.54) is 6.92 Å². The molecule has 3 amide bonds. The van der Waals surface area contributed by atoms with Crippen molar-refractivity contribution in [3.63, 3.8) is 0 Å². The predicted octanol–water partition coefficient (Wildman–Crippen LogP) is 3.31. The second-order valence-electron chi connectivity index (χ2n) is 9.05. The highest BCUT2D eigenvalue weighted by atomic mass is 19.1. The molecule has 4 rings (SSSR count). The predicted molar refractivity (Wildman–Crippen MR) is 127 cm³/mol. The standard InChI is InChI=1S/C27H27F2N3O3/c1-15-8-9-23-22(10-15)20-6-4-5-7-21(20)25(27(35)32(23)3)31-26(34)16(2)30-24(33)13-17-11-18(28)14-19(29)12-17/h4-12,14,16,22-23,25H,13H2,1-3H3,(H,30,33)(H,31,34)/t16-,22?,23?,25-/m0/s1. The Bertz CT molecular complexity index is 1220. The van der Waals surface area contributed by atoms with E-state index in [1.807, 2.05) is 43.3 Å². The van der Waals surface area contributed by atoms with Crippen LogP contribution < -0.4 is 10.6 Å². The highest BCUT2D eigenvalue weighted by Gasteiger charge is 2.39. The smallest absolute Gasteiger partial charge is 0.250 e. The maximum atomic E-state index is 13.4. The third kappa shape index (κ3) is 5.16. The van der Waals surface area contributed by atoms with Crippen molar-refractivity contribution in [2.75, 3.05) is 7.05 Å². The molecule has 0 fully saturated rings. The van der Waals surface area contributed by atoms with Gasteiger partial charge in [-0.05, 0) is 42.7 Å². The molecule has 0 radical (unpaired) electrons. The molecular formula is C27H27F2N3O3. The number of benzene rings is 2. The number of nitrogens with one attached hydrogen (secondary N) is 2. The van der Waals surface area contributed by atoms with Gasteiger partial charge in [-0.1, -0.05) is 48.1 Å². The molecule has 182 valence electrons. The lowest BCUT2D eigenvalue weighted by molar-refractivity contribution is -0.137. The van der Waals surface area contributed by atoms with Gasteiger partial charge in [0.25, 0.3) is 0 Å². The summed E-state index contributed by atoms with van der Waals surface area (Å²) in [5, 5.41) is 5.33. The lowest BCUT2D eigenvalue weighted by Crippen LogP contribution is -2.50. The van der Waals surface area contributed by atoms with Gasteiger partial charge in [0.05, 0.1) is 12.5 Å². The van der Waals surface area contributed by atoms with Gasteiger partial charge in [0.15, 0.2) is 0 Å². The molecular weight excluding hydrogens is 452 g/mol. The fraction of sp³-hybridized carbons (Fsp3) is 0.296. The number of fused-ring (bicyclic) bond motifs is 3. The molecule has 1 aliphatic carbocycles. The van der Waals surface area contributed by atoms with Gasteiger partial charge in [-0.3, -0.25) is 14.4 Å². The summed E-state index contributed by atoms with van der Waals surface area (Å²) in [6.45, 7) is 3.49. The summed E-state index contributed by atoms with van der Waals surface area (Å²) in [5.74, 6) is -2.99. The van der Waals surface area contributed by atoms with Gasteiger partial charge in [0.2, 0.25) is 17.7 Å². The van der Waals surface area contributed by atoms with E-state index in [1.54, 1.807) is 11.9 Å². The molecule has 4 atom stereocenters. The van der Waals surface area contributed by atoms with Crippen molar-refractivity contribution in [3.05, 3.63) is 94.6 Å². The van der Waals surface area contributed by atoms with E-state index in [4.69, 9.17) is 0 Å². The number of hydrogen-bond acceptors (Lipinski definition) is 3. The zero-order chi connectivity index (χ0) is 25.3. The second kappa shape index (κ2) is 9.82. The van der Waals surface area contributed by atoms with Gasteiger partial charge >= 0.3 is 0 Å². The molecule has 0 bridgehead atoms. The summed E-state index contributed by atoms with van der Waals surface area (Å²) in [5.41, 5.74) is 2.91. The van der Waals surface area contributed by atoms with Crippen molar-refractivity contribution >= 4 is 17.7 Å². The van der Waals surface area contributed by atoms with Crippen LogP contribution in [0.4, 0.5) is 8.78 Å². The Labute approximate surface area is 202 Å². The molecule has 8 heteroatoms. The van der Waals surface area contributed by atoms with E-state index in [2.05, 4.69) is 16.7 Å². The number of amides is 3. The van der Waals surface area contributed by atoms with Crippen LogP contribution in [-0.2, 0) is 20.8 Å². The van der Waals surface area contributed by atoms with Crippen molar-refractivity contribution in [2.45, 2.75) is 44.3 Å². The Morgan fingerprint density at radius 2 is 1.74 bits per heavy atom. The SMILES string of the molecule is CC1=CC2c3ccccc3[C@H](NC(=O)[C@H](C)NC(=O)Cc3cc(F)cc(F)c3)C(=O)N(C)C2C=C1. The van der Waals surface area contributed by atoms with Crippen LogP contribution in [0.25, 0.3) is 0 Å². The molecule has 0 saturated heterocycles. The van der Waals surface area contributed by atoms with Crippen LogP contribution in [-0.4, -0.2) is 41.8 Å². The van der Waals surface area contributed by atoms with Gasteiger partial charge in [0, 0.05) is 19.0 Å². The van der Waals surface area contributed by atoms with Crippen LogP contribution in [0.3, 0.4) is 0 Å². The number of allylic oxidation sites excluding steroid dienone is 2. The molecule has 1 heterocycles. The van der Waals surface area contributed by atoms with Gasteiger partial charge in [-0.25, -0.2) is 8.78 Å². The second-order valence-corrected chi connectivity index (χ2v) is 9.05. The highest BCUT2D eigenvalue weighted by Crippen LogP contribution is 2.38. The number of carbonyl (C=O) groups excluding carboxylic acids is 3. The molecule has 2 N–H and O–H groups in total. The van der Waals surface area contributed by atoms with Crippen molar-refractivity contribution in [3.8, 4) is 0 Å². The van der Waals surface area contributed by atoms with Crippen LogP contribution in [0.1, 0.15) is 42.5 Å². The van der Waals surface area contributed by atoms with Crippen molar-refractivity contribution in [1.82, 2.24) is 15.5 Å². The summed E-state index contributed by atoms with van der Waals surface area (Å²) >= 11 is 0. The Kier molecular flexibility index (Phi) is 6.82. The zero-order valence-corrected chi connectivity index (χ0v) is 19.7. The molecule has 6 nitrogen and oxygen atoms in total. The van der Waals surface area contributed by atoms with Crippen LogP contribution >= 0.6 is 0 Å². The molecule has 35 heavy (non-hydrogen) atoms. The lowest BCUT2D eigenvalue weighted by Gasteiger charge is -2.32. The van der Waals surface area contributed by atoms with Gasteiger partial charge < -0.3 is 15.5 Å². The van der Waals surface area contributed by atoms with Crippen LogP contribution in [0.5, 0.6) is 0 Å². The average molecular weight is 480 g/mol. The van der Waals surface area contributed by atoms with Crippen molar-refractivity contribution in [1.29, 1.82) is 0 Å². The molecule has 1 aliphatic heterocycles. The van der Waals surface area contributed by atoms with E-state index in [0.717, 1.165) is 29.3 Å². The van der Waals surface area contributed by atoms with Crippen LogP contribution in [0, 0.1) is 11.6 Å². The number of likely N-dealkylation sites (N-methyl/N-ethyl adjacent to an activating group) is 1. The Morgan fingerprint density at radius 1 is 1.09 bits per heavy atom. The summed E-state index contributed by atoms with van der Waals surface area (Å²) in [4.78, 5) is 40.5. The van der Waals surface area contributed by atoms with E-state index < -0.39 is 35.5 Å². The van der Waals surface area contributed by atoms with Gasteiger partial charge in [-0.15, -0.1) is 0 Å². The third-order valence-electron chi connectivity index (χ3n) is 6.42. The zero-order valence-electron chi connectivity index (χ0n) is 19.7. The van der Waals surface area contributed by atoms with Crippen LogP contribution in [0.15, 0.2) is 66.3 Å². The average Bonchev–Trinajstić information content (AvgIpc) is 2.87. The lowest BCUT2D eigenvalue weighted by atomic mass is 9.83. The minimum absolute atomic E-state index is 0.0455. The molecule has 2 unspecified atom stereocenters. The molecule has 0 aromatic heterocycles. The van der Waals surface area contributed by atoms with E-state index in [9.17, 15) is 23.2 Å². The van der Waals surface area contributed by atoms with Gasteiger partial charge in [-0.2, -0.15) is 0 Å². The summed E-state index contributed by atoms with van der Waals surface area (Å²) in [7, 11) is 1.72. The topological polar surface area (TPSA) is 78.5 Å². The van der Waals surface area contributed by atoms with E-state index in [-0.39, 0.29) is 29.9 Å². The minimum Gasteiger partial charge on any atom is -0.344 e. The summed E-state index contributed by atoms with van der Waals surface area (Å²) < 4.78 is 26.8. The first-order chi connectivity index (χ1) is 16.6. The highest BCUT2D eigenvalue weighted by molar-refractivity contribution is 5.93. The normalized spacial score (nSPS) is 21.9. The largest absolute Gasteiger partial charge is 0.344 e. The monoisotopic (exact) mass is 479 g/mol. The maximum Gasteiger partial charge on any atom is 0.250 e. The maximum absolute atomic E-state index is 13.4. The van der Waals surface area contributed by atoms with Crippen molar-refractivity contribution < 1.29 is 23.2 Å². The van der Waals surface area contributed by atoms with E-state index in [0.29, 0.717) is 5.56 Å².